The Balaban J connectivity index is 1.38. The van der Waals surface area contributed by atoms with Gasteiger partial charge in [0.15, 0.2) is 0 Å². The monoisotopic (exact) mass is 444 g/mol. The first-order valence-corrected chi connectivity index (χ1v) is 13.0. The maximum absolute atomic E-state index is 3.34. The first kappa shape index (κ1) is 23.8. The molecule has 0 nitrogen and oxygen atoms in total. The minimum atomic E-state index is 1.05. The summed E-state index contributed by atoms with van der Waals surface area (Å²) in [5, 5.41) is 2.55. The number of hydrogen-bond acceptors (Lipinski definition) is 0. The third kappa shape index (κ3) is 6.61. The van der Waals surface area contributed by atoms with Gasteiger partial charge in [-0.15, -0.1) is 0 Å². The molecule has 0 radical (unpaired) electrons. The highest BCUT2D eigenvalue weighted by molar-refractivity contribution is 5.84. The maximum Gasteiger partial charge on any atom is 0.0255 e. The fourth-order valence-electron chi connectivity index (χ4n) is 4.50. The molecule has 0 aliphatic carbocycles. The largest absolute Gasteiger partial charge is 0.0654 e. The lowest BCUT2D eigenvalue weighted by Crippen LogP contribution is -1.87. The highest BCUT2D eigenvalue weighted by atomic mass is 14.1. The van der Waals surface area contributed by atoms with Gasteiger partial charge in [0.2, 0.25) is 0 Å². The molecule has 0 heteroatoms. The standard InChI is InChI=1S/C34H36/c1-3-5-6-7-8-10-27-13-19-31(20-14-27)32-21-15-28(16-22-32)11-12-30-18-24-33-25-29(9-4-2)17-23-34(33)26-30/h13-26H,3-10H2,1-2H3. The molecule has 0 atom stereocenters. The topological polar surface area (TPSA) is 0 Å². The fraction of sp³-hybridized carbons (Fsp3) is 0.294. The van der Waals surface area contributed by atoms with Gasteiger partial charge < -0.3 is 0 Å². The summed E-state index contributed by atoms with van der Waals surface area (Å²) in [6.07, 6.45) is 10.2. The van der Waals surface area contributed by atoms with E-state index in [0.717, 1.165) is 17.5 Å². The number of benzene rings is 4. The molecule has 0 saturated carbocycles. The third-order valence-corrected chi connectivity index (χ3v) is 6.54. The van der Waals surface area contributed by atoms with Crippen LogP contribution in [0.25, 0.3) is 21.9 Å². The SMILES string of the molecule is CCCCCCCc1ccc(-c2ccc(C#Cc3ccc4cc(CCC)ccc4c3)cc2)cc1. The van der Waals surface area contributed by atoms with Gasteiger partial charge in [-0.05, 0) is 76.6 Å². The Morgan fingerprint density at radius 3 is 1.79 bits per heavy atom. The van der Waals surface area contributed by atoms with Gasteiger partial charge in [0.05, 0.1) is 0 Å². The van der Waals surface area contributed by atoms with E-state index in [4.69, 9.17) is 0 Å². The number of hydrogen-bond donors (Lipinski definition) is 0. The predicted octanol–water partition coefficient (Wildman–Crippen LogP) is 9.37. The molecule has 0 fully saturated rings. The summed E-state index contributed by atoms with van der Waals surface area (Å²) >= 11 is 0. The first-order chi connectivity index (χ1) is 16.7. The summed E-state index contributed by atoms with van der Waals surface area (Å²) in [6, 6.07) is 31.0. The molecule has 34 heavy (non-hydrogen) atoms. The summed E-state index contributed by atoms with van der Waals surface area (Å²) < 4.78 is 0. The molecule has 0 heterocycles. The Kier molecular flexibility index (Phi) is 8.59. The van der Waals surface area contributed by atoms with Crippen LogP contribution >= 0.6 is 0 Å². The molecule has 0 aliphatic rings. The lowest BCUT2D eigenvalue weighted by molar-refractivity contribution is 0.632. The van der Waals surface area contributed by atoms with Crippen molar-refractivity contribution in [1.29, 1.82) is 0 Å². The lowest BCUT2D eigenvalue weighted by atomic mass is 10.00. The molecule has 4 aromatic carbocycles. The molecule has 0 spiro atoms. The highest BCUT2D eigenvalue weighted by Crippen LogP contribution is 2.22. The van der Waals surface area contributed by atoms with Crippen LogP contribution in [0.5, 0.6) is 0 Å². The van der Waals surface area contributed by atoms with Crippen LogP contribution in [-0.4, -0.2) is 0 Å². The third-order valence-electron chi connectivity index (χ3n) is 6.54. The highest BCUT2D eigenvalue weighted by Gasteiger charge is 2.00. The van der Waals surface area contributed by atoms with Crippen molar-refractivity contribution in [1.82, 2.24) is 0 Å². The van der Waals surface area contributed by atoms with E-state index in [1.807, 2.05) is 0 Å². The molecule has 4 rings (SSSR count). The van der Waals surface area contributed by atoms with Crippen molar-refractivity contribution in [3.63, 3.8) is 0 Å². The van der Waals surface area contributed by atoms with Crippen molar-refractivity contribution < 1.29 is 0 Å². The van der Waals surface area contributed by atoms with E-state index in [0.29, 0.717) is 0 Å². The van der Waals surface area contributed by atoms with Gasteiger partial charge in [-0.2, -0.15) is 0 Å². The Hall–Kier alpha value is -3.30. The van der Waals surface area contributed by atoms with Crippen LogP contribution in [0.3, 0.4) is 0 Å². The Morgan fingerprint density at radius 1 is 0.471 bits per heavy atom. The van der Waals surface area contributed by atoms with Gasteiger partial charge in [-0.25, -0.2) is 0 Å². The second kappa shape index (κ2) is 12.2. The van der Waals surface area contributed by atoms with E-state index in [9.17, 15) is 0 Å². The van der Waals surface area contributed by atoms with Crippen molar-refractivity contribution in [3.05, 3.63) is 107 Å². The van der Waals surface area contributed by atoms with Gasteiger partial charge in [0.25, 0.3) is 0 Å². The number of rotatable bonds is 9. The molecule has 0 N–H and O–H groups in total. The normalized spacial score (nSPS) is 10.8. The van der Waals surface area contributed by atoms with Gasteiger partial charge in [0.1, 0.15) is 0 Å². The van der Waals surface area contributed by atoms with E-state index in [2.05, 4.69) is 111 Å². The van der Waals surface area contributed by atoms with Gasteiger partial charge >= 0.3 is 0 Å². The smallest absolute Gasteiger partial charge is 0.0255 e. The summed E-state index contributed by atoms with van der Waals surface area (Å²) in [4.78, 5) is 0. The molecular formula is C34H36. The molecule has 172 valence electrons. The van der Waals surface area contributed by atoms with E-state index in [1.54, 1.807) is 0 Å². The molecule has 0 aromatic heterocycles. The summed E-state index contributed by atoms with van der Waals surface area (Å²) in [6.45, 7) is 4.49. The van der Waals surface area contributed by atoms with Crippen LogP contribution in [0.2, 0.25) is 0 Å². The van der Waals surface area contributed by atoms with Crippen LogP contribution in [-0.2, 0) is 12.8 Å². The fourth-order valence-corrected chi connectivity index (χ4v) is 4.50. The zero-order chi connectivity index (χ0) is 23.6. The average molecular weight is 445 g/mol. The van der Waals surface area contributed by atoms with Crippen LogP contribution < -0.4 is 0 Å². The number of fused-ring (bicyclic) bond motifs is 1. The van der Waals surface area contributed by atoms with Crippen LogP contribution in [0.1, 0.15) is 74.6 Å². The van der Waals surface area contributed by atoms with Crippen molar-refractivity contribution in [2.45, 2.75) is 65.2 Å². The minimum Gasteiger partial charge on any atom is -0.0654 e. The maximum atomic E-state index is 3.34. The number of unbranched alkanes of at least 4 members (excludes halogenated alkanes) is 4. The molecule has 4 aromatic rings. The molecule has 0 bridgehead atoms. The van der Waals surface area contributed by atoms with Crippen molar-refractivity contribution in [3.8, 4) is 23.0 Å². The lowest BCUT2D eigenvalue weighted by Gasteiger charge is -2.05. The van der Waals surface area contributed by atoms with Gasteiger partial charge in [-0.1, -0.05) is 118 Å². The second-order valence-electron chi connectivity index (χ2n) is 9.33. The molecule has 0 aliphatic heterocycles. The van der Waals surface area contributed by atoms with Crippen LogP contribution in [0.15, 0.2) is 84.9 Å². The van der Waals surface area contributed by atoms with E-state index in [1.165, 1.54) is 78.0 Å². The zero-order valence-corrected chi connectivity index (χ0v) is 20.7. The summed E-state index contributed by atoms with van der Waals surface area (Å²) in [5.41, 5.74) is 7.47. The van der Waals surface area contributed by atoms with Crippen molar-refractivity contribution in [2.24, 2.45) is 0 Å². The average Bonchev–Trinajstić information content (AvgIpc) is 2.88. The van der Waals surface area contributed by atoms with E-state index < -0.39 is 0 Å². The summed E-state index contributed by atoms with van der Waals surface area (Å²) in [7, 11) is 0. The minimum absolute atomic E-state index is 1.05. The van der Waals surface area contributed by atoms with Gasteiger partial charge in [0, 0.05) is 11.1 Å². The van der Waals surface area contributed by atoms with E-state index >= 15 is 0 Å². The van der Waals surface area contributed by atoms with Gasteiger partial charge in [-0.3, -0.25) is 0 Å². The molecule has 0 saturated heterocycles. The Labute approximate surface area is 206 Å². The Bertz CT molecular complexity index is 1250. The van der Waals surface area contributed by atoms with Crippen LogP contribution in [0.4, 0.5) is 0 Å². The second-order valence-corrected chi connectivity index (χ2v) is 9.33. The summed E-state index contributed by atoms with van der Waals surface area (Å²) in [5.74, 6) is 6.67. The zero-order valence-electron chi connectivity index (χ0n) is 20.7. The predicted molar refractivity (Wildman–Crippen MR) is 148 cm³/mol. The quantitative estimate of drug-likeness (QED) is 0.178. The first-order valence-electron chi connectivity index (χ1n) is 13.0. The molecular weight excluding hydrogens is 408 g/mol. The molecule has 0 amide bonds. The van der Waals surface area contributed by atoms with E-state index in [-0.39, 0.29) is 0 Å². The Morgan fingerprint density at radius 2 is 1.06 bits per heavy atom. The number of aryl methyl sites for hydroxylation is 2. The van der Waals surface area contributed by atoms with Crippen molar-refractivity contribution in [2.75, 3.05) is 0 Å². The van der Waals surface area contributed by atoms with Crippen LogP contribution in [0, 0.1) is 11.8 Å². The van der Waals surface area contributed by atoms with Crippen molar-refractivity contribution >= 4 is 10.8 Å². The molecule has 0 unspecified atom stereocenters.